The number of piperidine rings is 1. The van der Waals surface area contributed by atoms with Gasteiger partial charge in [0.15, 0.2) is 6.61 Å². The minimum Gasteiger partial charge on any atom is -0.484 e. The molecule has 1 aliphatic rings. The third-order valence-corrected chi connectivity index (χ3v) is 5.52. The maximum Gasteiger partial charge on any atom is 0.260 e. The van der Waals surface area contributed by atoms with Crippen LogP contribution >= 0.6 is 0 Å². The lowest BCUT2D eigenvalue weighted by atomic mass is 9.81. The minimum absolute atomic E-state index is 0.00447. The summed E-state index contributed by atoms with van der Waals surface area (Å²) < 4.78 is 5.65. The fourth-order valence-corrected chi connectivity index (χ4v) is 3.68. The summed E-state index contributed by atoms with van der Waals surface area (Å²) in [5.74, 6) is 0.605. The molecular formula is C24H30N2O3. The fourth-order valence-electron chi connectivity index (χ4n) is 3.68. The van der Waals surface area contributed by atoms with Crippen molar-refractivity contribution in [3.8, 4) is 5.75 Å². The molecule has 154 valence electrons. The molecule has 1 saturated heterocycles. The molecule has 2 aromatic rings. The molecule has 3 rings (SSSR count). The van der Waals surface area contributed by atoms with E-state index in [-0.39, 0.29) is 18.4 Å². The molecular weight excluding hydrogens is 364 g/mol. The molecule has 1 aliphatic heterocycles. The Morgan fingerprint density at radius 2 is 1.86 bits per heavy atom. The first-order chi connectivity index (χ1) is 13.9. The summed E-state index contributed by atoms with van der Waals surface area (Å²) in [5.41, 5.74) is 2.78. The third-order valence-electron chi connectivity index (χ3n) is 5.52. The Morgan fingerprint density at radius 1 is 1.10 bits per heavy atom. The Kier molecular flexibility index (Phi) is 6.57. The van der Waals surface area contributed by atoms with Crippen LogP contribution in [0.5, 0.6) is 5.75 Å². The number of benzene rings is 2. The predicted molar refractivity (Wildman–Crippen MR) is 114 cm³/mol. The summed E-state index contributed by atoms with van der Waals surface area (Å²) >= 11 is 0. The number of amides is 2. The summed E-state index contributed by atoms with van der Waals surface area (Å²) in [7, 11) is 0. The summed E-state index contributed by atoms with van der Waals surface area (Å²) in [6.45, 7) is 7.54. The maximum atomic E-state index is 12.9. The van der Waals surface area contributed by atoms with Gasteiger partial charge < -0.3 is 15.0 Å². The number of aryl methyl sites for hydroxylation is 2. The van der Waals surface area contributed by atoms with Gasteiger partial charge in [-0.3, -0.25) is 9.59 Å². The average Bonchev–Trinajstić information content (AvgIpc) is 2.71. The molecule has 2 amide bonds. The van der Waals surface area contributed by atoms with Crippen LogP contribution in [0.3, 0.4) is 0 Å². The molecule has 0 spiro atoms. The van der Waals surface area contributed by atoms with Gasteiger partial charge in [0.2, 0.25) is 5.91 Å². The summed E-state index contributed by atoms with van der Waals surface area (Å²) in [5, 5.41) is 3.04. The van der Waals surface area contributed by atoms with Crippen molar-refractivity contribution in [1.29, 1.82) is 0 Å². The van der Waals surface area contributed by atoms with Crippen molar-refractivity contribution in [2.45, 2.75) is 40.2 Å². The fraction of sp³-hybridized carbons (Fsp3) is 0.417. The highest BCUT2D eigenvalue weighted by atomic mass is 16.5. The smallest absolute Gasteiger partial charge is 0.260 e. The number of nitrogens with one attached hydrogen (secondary N) is 1. The van der Waals surface area contributed by atoms with Crippen molar-refractivity contribution in [2.24, 2.45) is 5.41 Å². The molecule has 2 aromatic carbocycles. The normalized spacial score (nSPS) is 18.9. The van der Waals surface area contributed by atoms with Crippen molar-refractivity contribution in [2.75, 3.05) is 19.7 Å². The van der Waals surface area contributed by atoms with Gasteiger partial charge >= 0.3 is 0 Å². The monoisotopic (exact) mass is 394 g/mol. The van der Waals surface area contributed by atoms with Crippen LogP contribution in [0.25, 0.3) is 0 Å². The van der Waals surface area contributed by atoms with E-state index >= 15 is 0 Å². The zero-order chi connectivity index (χ0) is 20.9. The molecule has 5 nitrogen and oxygen atoms in total. The molecule has 0 aromatic heterocycles. The standard InChI is InChI=1S/C24H30N2O3/c1-18-8-10-20(11-9-18)15-25-23(28)24(3)12-5-13-26(17-24)22(27)16-29-21-7-4-6-19(2)14-21/h4,6-11,14H,5,12-13,15-17H2,1-3H3,(H,25,28). The van der Waals surface area contributed by atoms with Crippen molar-refractivity contribution >= 4 is 11.8 Å². The van der Waals surface area contributed by atoms with Crippen molar-refractivity contribution < 1.29 is 14.3 Å². The quantitative estimate of drug-likeness (QED) is 0.814. The SMILES string of the molecule is Cc1ccc(CNC(=O)C2(C)CCCN(C(=O)COc3cccc(C)c3)C2)cc1. The first-order valence-electron chi connectivity index (χ1n) is 10.2. The van der Waals surface area contributed by atoms with Crippen LogP contribution in [0.1, 0.15) is 36.5 Å². The van der Waals surface area contributed by atoms with Crippen molar-refractivity contribution in [1.82, 2.24) is 10.2 Å². The summed E-state index contributed by atoms with van der Waals surface area (Å²) in [6, 6.07) is 15.8. The summed E-state index contributed by atoms with van der Waals surface area (Å²) in [6.07, 6.45) is 1.58. The minimum atomic E-state index is -0.581. The van der Waals surface area contributed by atoms with E-state index in [0.717, 1.165) is 24.0 Å². The Hall–Kier alpha value is -2.82. The van der Waals surface area contributed by atoms with Crippen LogP contribution in [0, 0.1) is 19.3 Å². The van der Waals surface area contributed by atoms with Crippen LogP contribution in [-0.2, 0) is 16.1 Å². The highest BCUT2D eigenvalue weighted by Crippen LogP contribution is 2.30. The van der Waals surface area contributed by atoms with Crippen LogP contribution in [0.2, 0.25) is 0 Å². The average molecular weight is 395 g/mol. The van der Waals surface area contributed by atoms with E-state index in [0.29, 0.717) is 25.4 Å². The number of rotatable bonds is 6. The number of likely N-dealkylation sites (tertiary alicyclic amines) is 1. The van der Waals surface area contributed by atoms with E-state index in [4.69, 9.17) is 4.74 Å². The zero-order valence-electron chi connectivity index (χ0n) is 17.5. The highest BCUT2D eigenvalue weighted by molar-refractivity contribution is 5.84. The lowest BCUT2D eigenvalue weighted by Gasteiger charge is -2.39. The molecule has 29 heavy (non-hydrogen) atoms. The van der Waals surface area contributed by atoms with Crippen LogP contribution in [-0.4, -0.2) is 36.4 Å². The lowest BCUT2D eigenvalue weighted by molar-refractivity contribution is -0.142. The van der Waals surface area contributed by atoms with Gasteiger partial charge in [-0.05, 0) is 56.9 Å². The number of hydrogen-bond acceptors (Lipinski definition) is 3. The van der Waals surface area contributed by atoms with Crippen LogP contribution in [0.4, 0.5) is 0 Å². The molecule has 1 atom stereocenters. The maximum absolute atomic E-state index is 12.9. The van der Waals surface area contributed by atoms with Gasteiger partial charge in [0.1, 0.15) is 5.75 Å². The number of hydrogen-bond donors (Lipinski definition) is 1. The number of nitrogens with zero attached hydrogens (tertiary/aromatic N) is 1. The van der Waals surface area contributed by atoms with Crippen molar-refractivity contribution in [3.05, 3.63) is 65.2 Å². The molecule has 0 saturated carbocycles. The second-order valence-electron chi connectivity index (χ2n) is 8.25. The highest BCUT2D eigenvalue weighted by Gasteiger charge is 2.39. The van der Waals surface area contributed by atoms with Gasteiger partial charge in [0.25, 0.3) is 5.91 Å². The topological polar surface area (TPSA) is 58.6 Å². The molecule has 5 heteroatoms. The number of ether oxygens (including phenoxy) is 1. The van der Waals surface area contributed by atoms with Gasteiger partial charge in [-0.25, -0.2) is 0 Å². The van der Waals surface area contributed by atoms with E-state index in [9.17, 15) is 9.59 Å². The van der Waals surface area contributed by atoms with Crippen LogP contribution in [0.15, 0.2) is 48.5 Å². The first kappa shape index (κ1) is 20.9. The Balaban J connectivity index is 1.54. The zero-order valence-corrected chi connectivity index (χ0v) is 17.5. The predicted octanol–water partition coefficient (Wildman–Crippen LogP) is 3.63. The molecule has 0 aliphatic carbocycles. The number of carbonyl (C=O) groups is 2. The molecule has 1 heterocycles. The summed E-state index contributed by atoms with van der Waals surface area (Å²) in [4.78, 5) is 27.3. The first-order valence-corrected chi connectivity index (χ1v) is 10.2. The molecule has 1 N–H and O–H groups in total. The van der Waals surface area contributed by atoms with E-state index in [2.05, 4.69) is 5.32 Å². The molecule has 0 bridgehead atoms. The Morgan fingerprint density at radius 3 is 2.59 bits per heavy atom. The van der Waals surface area contributed by atoms with Gasteiger partial charge in [0, 0.05) is 19.6 Å². The van der Waals surface area contributed by atoms with E-state index in [1.54, 1.807) is 4.90 Å². The molecule has 1 unspecified atom stereocenters. The lowest BCUT2D eigenvalue weighted by Crippen LogP contribution is -2.52. The van der Waals surface area contributed by atoms with Gasteiger partial charge in [-0.2, -0.15) is 0 Å². The second kappa shape index (κ2) is 9.12. The largest absolute Gasteiger partial charge is 0.484 e. The molecule has 0 radical (unpaired) electrons. The van der Waals surface area contributed by atoms with E-state index < -0.39 is 5.41 Å². The third kappa shape index (κ3) is 5.59. The van der Waals surface area contributed by atoms with Crippen LogP contribution < -0.4 is 10.1 Å². The van der Waals surface area contributed by atoms with E-state index in [1.807, 2.05) is 69.3 Å². The molecule has 1 fully saturated rings. The van der Waals surface area contributed by atoms with Crippen molar-refractivity contribution in [3.63, 3.8) is 0 Å². The van der Waals surface area contributed by atoms with E-state index in [1.165, 1.54) is 5.56 Å². The Labute approximate surface area is 173 Å². The Bertz CT molecular complexity index is 863. The van der Waals surface area contributed by atoms with Gasteiger partial charge in [-0.15, -0.1) is 0 Å². The van der Waals surface area contributed by atoms with Gasteiger partial charge in [0.05, 0.1) is 5.41 Å². The van der Waals surface area contributed by atoms with Gasteiger partial charge in [-0.1, -0.05) is 42.0 Å². The number of carbonyl (C=O) groups excluding carboxylic acids is 2. The second-order valence-corrected chi connectivity index (χ2v) is 8.25.